The highest BCUT2D eigenvalue weighted by molar-refractivity contribution is 14.2. The standard InChI is InChI=1S/C9H7IOS/c1-11-9-5-3-2-4-8(9)6-7-12-10/h2-5H,1H3. The molecule has 0 spiro atoms. The Balaban J connectivity index is 2.97. The van der Waals surface area contributed by atoms with Crippen LogP contribution in [0.4, 0.5) is 0 Å². The number of methoxy groups -OCH3 is 1. The van der Waals surface area contributed by atoms with E-state index in [1.165, 1.54) is 8.93 Å². The largest absolute Gasteiger partial charge is 0.495 e. The summed E-state index contributed by atoms with van der Waals surface area (Å²) in [6.45, 7) is 0. The Bertz CT molecular complexity index is 314. The maximum atomic E-state index is 5.13. The van der Waals surface area contributed by atoms with Gasteiger partial charge in [0, 0.05) is 21.2 Å². The van der Waals surface area contributed by atoms with Crippen molar-refractivity contribution in [3.8, 4) is 16.9 Å². The third-order valence-corrected chi connectivity index (χ3v) is 2.17. The maximum absolute atomic E-state index is 5.13. The zero-order valence-corrected chi connectivity index (χ0v) is 9.48. The Morgan fingerprint density at radius 1 is 1.42 bits per heavy atom. The lowest BCUT2D eigenvalue weighted by atomic mass is 10.2. The van der Waals surface area contributed by atoms with Crippen LogP contribution in [0.15, 0.2) is 24.3 Å². The molecule has 1 nitrogen and oxygen atoms in total. The molecule has 0 radical (unpaired) electrons. The van der Waals surface area contributed by atoms with Gasteiger partial charge in [-0.1, -0.05) is 18.1 Å². The summed E-state index contributed by atoms with van der Waals surface area (Å²) in [5, 5.41) is 2.91. The van der Waals surface area contributed by atoms with Gasteiger partial charge < -0.3 is 4.74 Å². The lowest BCUT2D eigenvalue weighted by molar-refractivity contribution is 0.413. The van der Waals surface area contributed by atoms with E-state index in [4.69, 9.17) is 4.74 Å². The zero-order valence-electron chi connectivity index (χ0n) is 6.50. The van der Waals surface area contributed by atoms with Gasteiger partial charge in [-0.05, 0) is 26.3 Å². The molecule has 0 saturated carbocycles. The minimum atomic E-state index is 0.829. The molecule has 0 aliphatic heterocycles. The van der Waals surface area contributed by atoms with Crippen LogP contribution in [0.3, 0.4) is 0 Å². The molecule has 0 aliphatic rings. The van der Waals surface area contributed by atoms with Crippen LogP contribution in [-0.2, 0) is 0 Å². The van der Waals surface area contributed by atoms with Crippen molar-refractivity contribution in [2.75, 3.05) is 7.11 Å². The molecule has 0 fully saturated rings. The van der Waals surface area contributed by atoms with E-state index in [2.05, 4.69) is 32.4 Å². The van der Waals surface area contributed by atoms with E-state index in [0.29, 0.717) is 0 Å². The van der Waals surface area contributed by atoms with Crippen LogP contribution in [0.2, 0.25) is 0 Å². The first kappa shape index (κ1) is 9.75. The second-order valence-electron chi connectivity index (χ2n) is 2.00. The molecule has 0 amide bonds. The molecule has 12 heavy (non-hydrogen) atoms. The van der Waals surface area contributed by atoms with Gasteiger partial charge in [-0.15, -0.1) is 0 Å². The number of rotatable bonds is 1. The molecule has 0 aliphatic carbocycles. The Kier molecular flexibility index (Phi) is 4.33. The number of hydrogen-bond acceptors (Lipinski definition) is 2. The van der Waals surface area contributed by atoms with Crippen molar-refractivity contribution < 1.29 is 4.74 Å². The van der Waals surface area contributed by atoms with Gasteiger partial charge in [0.15, 0.2) is 0 Å². The first-order valence-electron chi connectivity index (χ1n) is 3.30. The minimum absolute atomic E-state index is 0.829. The molecule has 0 atom stereocenters. The number of halogens is 1. The van der Waals surface area contributed by atoms with Gasteiger partial charge in [0.25, 0.3) is 0 Å². The van der Waals surface area contributed by atoms with E-state index in [1.54, 1.807) is 7.11 Å². The smallest absolute Gasteiger partial charge is 0.134 e. The monoisotopic (exact) mass is 290 g/mol. The molecular formula is C9H7IOS. The van der Waals surface area contributed by atoms with Crippen molar-refractivity contribution in [3.05, 3.63) is 29.8 Å². The third kappa shape index (κ3) is 2.61. The highest BCUT2D eigenvalue weighted by atomic mass is 127. The topological polar surface area (TPSA) is 9.23 Å². The van der Waals surface area contributed by atoms with Crippen LogP contribution in [0.1, 0.15) is 5.56 Å². The summed E-state index contributed by atoms with van der Waals surface area (Å²) >= 11 is 2.14. The number of hydrogen-bond donors (Lipinski definition) is 0. The second-order valence-corrected chi connectivity index (χ2v) is 3.68. The Morgan fingerprint density at radius 2 is 2.17 bits per heavy atom. The Hall–Kier alpha value is -0.340. The summed E-state index contributed by atoms with van der Waals surface area (Å²) in [6, 6.07) is 7.73. The predicted molar refractivity (Wildman–Crippen MR) is 61.5 cm³/mol. The summed E-state index contributed by atoms with van der Waals surface area (Å²) in [6.07, 6.45) is 0. The van der Waals surface area contributed by atoms with E-state index in [9.17, 15) is 0 Å². The van der Waals surface area contributed by atoms with Crippen molar-refractivity contribution in [1.29, 1.82) is 0 Å². The molecule has 1 rings (SSSR count). The van der Waals surface area contributed by atoms with Crippen molar-refractivity contribution in [2.45, 2.75) is 0 Å². The van der Waals surface area contributed by atoms with Crippen LogP contribution in [0.25, 0.3) is 0 Å². The molecule has 3 heteroatoms. The molecule has 1 aromatic rings. The van der Waals surface area contributed by atoms with Crippen LogP contribution in [0, 0.1) is 11.2 Å². The van der Waals surface area contributed by atoms with Gasteiger partial charge in [0.05, 0.1) is 12.7 Å². The van der Waals surface area contributed by atoms with Crippen LogP contribution in [-0.4, -0.2) is 7.11 Å². The summed E-state index contributed by atoms with van der Waals surface area (Å²) in [7, 11) is 3.12. The fourth-order valence-electron chi connectivity index (χ4n) is 0.822. The predicted octanol–water partition coefficient (Wildman–Crippen LogP) is 3.09. The zero-order chi connectivity index (χ0) is 8.81. The first-order chi connectivity index (χ1) is 5.88. The van der Waals surface area contributed by atoms with E-state index in [0.717, 1.165) is 11.3 Å². The summed E-state index contributed by atoms with van der Waals surface area (Å²) < 4.78 is 5.13. The van der Waals surface area contributed by atoms with Gasteiger partial charge in [0.1, 0.15) is 5.75 Å². The summed E-state index contributed by atoms with van der Waals surface area (Å²) in [5.74, 6) is 3.82. The molecule has 0 saturated heterocycles. The Morgan fingerprint density at radius 3 is 2.83 bits per heavy atom. The van der Waals surface area contributed by atoms with Crippen molar-refractivity contribution in [1.82, 2.24) is 0 Å². The van der Waals surface area contributed by atoms with Crippen molar-refractivity contribution in [3.63, 3.8) is 0 Å². The molecular weight excluding hydrogens is 283 g/mol. The van der Waals surface area contributed by atoms with Gasteiger partial charge in [-0.3, -0.25) is 0 Å². The van der Waals surface area contributed by atoms with Crippen LogP contribution < -0.4 is 4.74 Å². The fourth-order valence-corrected chi connectivity index (χ4v) is 1.30. The first-order valence-corrected chi connectivity index (χ1v) is 6.66. The second kappa shape index (κ2) is 5.33. The maximum Gasteiger partial charge on any atom is 0.134 e. The molecule has 62 valence electrons. The quantitative estimate of drug-likeness (QED) is 0.580. The molecule has 0 unspecified atom stereocenters. The minimum Gasteiger partial charge on any atom is -0.495 e. The van der Waals surface area contributed by atoms with Crippen molar-refractivity contribution in [2.24, 2.45) is 0 Å². The van der Waals surface area contributed by atoms with Crippen LogP contribution >= 0.6 is 30.1 Å². The van der Waals surface area contributed by atoms with E-state index >= 15 is 0 Å². The molecule has 0 N–H and O–H groups in total. The highest BCUT2D eigenvalue weighted by Gasteiger charge is 1.95. The average Bonchev–Trinajstić information content (AvgIpc) is 2.15. The lowest BCUT2D eigenvalue weighted by Crippen LogP contribution is -1.85. The van der Waals surface area contributed by atoms with E-state index in [-0.39, 0.29) is 0 Å². The summed E-state index contributed by atoms with van der Waals surface area (Å²) in [4.78, 5) is 0. The van der Waals surface area contributed by atoms with E-state index < -0.39 is 0 Å². The van der Waals surface area contributed by atoms with Crippen molar-refractivity contribution >= 4 is 30.1 Å². The SMILES string of the molecule is COc1ccccc1C#CSI. The molecule has 0 aromatic heterocycles. The van der Waals surface area contributed by atoms with Gasteiger partial charge in [-0.2, -0.15) is 0 Å². The highest BCUT2D eigenvalue weighted by Crippen LogP contribution is 2.16. The number of para-hydroxylation sites is 1. The van der Waals surface area contributed by atoms with Gasteiger partial charge in [0.2, 0.25) is 0 Å². The normalized spacial score (nSPS) is 8.50. The number of benzene rings is 1. The molecule has 0 bridgehead atoms. The number of ether oxygens (including phenoxy) is 1. The van der Waals surface area contributed by atoms with E-state index in [1.807, 2.05) is 24.3 Å². The fraction of sp³-hybridized carbons (Fsp3) is 0.111. The molecule has 1 aromatic carbocycles. The van der Waals surface area contributed by atoms with Gasteiger partial charge >= 0.3 is 0 Å². The van der Waals surface area contributed by atoms with Gasteiger partial charge in [-0.25, -0.2) is 0 Å². The lowest BCUT2D eigenvalue weighted by Gasteiger charge is -2.00. The Labute approximate surface area is 88.5 Å². The van der Waals surface area contributed by atoms with Crippen LogP contribution in [0.5, 0.6) is 5.75 Å². The third-order valence-electron chi connectivity index (χ3n) is 1.33. The summed E-state index contributed by atoms with van der Waals surface area (Å²) in [5.41, 5.74) is 0.934. The average molecular weight is 290 g/mol. The molecule has 0 heterocycles.